The van der Waals surface area contributed by atoms with Gasteiger partial charge in [-0.25, -0.2) is 0 Å². The van der Waals surface area contributed by atoms with Crippen molar-refractivity contribution in [2.45, 2.75) is 62.3 Å². The van der Waals surface area contributed by atoms with Gasteiger partial charge in [-0.15, -0.1) is 0 Å². The predicted molar refractivity (Wildman–Crippen MR) is 73.2 cm³/mol. The van der Waals surface area contributed by atoms with Crippen LogP contribution in [-0.4, -0.2) is 36.7 Å². The summed E-state index contributed by atoms with van der Waals surface area (Å²) in [6.07, 6.45) is 12.0. The van der Waals surface area contributed by atoms with Crippen LogP contribution in [0.5, 0.6) is 0 Å². The third kappa shape index (κ3) is 3.94. The van der Waals surface area contributed by atoms with Crippen molar-refractivity contribution in [1.82, 2.24) is 10.6 Å². The SMILES string of the molecule is CSC1CCCC(NC2CCCNCC2)C1. The third-order valence-electron chi connectivity index (χ3n) is 4.01. The fraction of sp³-hybridized carbons (Fsp3) is 1.00. The summed E-state index contributed by atoms with van der Waals surface area (Å²) >= 11 is 2.06. The normalized spacial score (nSPS) is 36.9. The molecular weight excluding hydrogens is 216 g/mol. The van der Waals surface area contributed by atoms with Gasteiger partial charge in [-0.2, -0.15) is 11.8 Å². The summed E-state index contributed by atoms with van der Waals surface area (Å²) < 4.78 is 0. The van der Waals surface area contributed by atoms with Crippen molar-refractivity contribution in [2.75, 3.05) is 19.3 Å². The predicted octanol–water partition coefficient (Wildman–Crippen LogP) is 2.39. The van der Waals surface area contributed by atoms with E-state index in [9.17, 15) is 0 Å². The van der Waals surface area contributed by atoms with Crippen LogP contribution < -0.4 is 10.6 Å². The molecular formula is C13H26N2S. The molecule has 1 saturated heterocycles. The first kappa shape index (κ1) is 12.7. The molecule has 2 nitrogen and oxygen atoms in total. The summed E-state index contributed by atoms with van der Waals surface area (Å²) in [5.41, 5.74) is 0. The lowest BCUT2D eigenvalue weighted by molar-refractivity contribution is 0.328. The van der Waals surface area contributed by atoms with Gasteiger partial charge in [0.2, 0.25) is 0 Å². The molecule has 0 spiro atoms. The van der Waals surface area contributed by atoms with Crippen LogP contribution in [0, 0.1) is 0 Å². The van der Waals surface area contributed by atoms with Gasteiger partial charge in [0.05, 0.1) is 0 Å². The summed E-state index contributed by atoms with van der Waals surface area (Å²) in [6.45, 7) is 2.42. The Balaban J connectivity index is 1.74. The van der Waals surface area contributed by atoms with E-state index < -0.39 is 0 Å². The number of thioether (sulfide) groups is 1. The van der Waals surface area contributed by atoms with Crippen LogP contribution in [0.2, 0.25) is 0 Å². The molecule has 3 atom stereocenters. The monoisotopic (exact) mass is 242 g/mol. The van der Waals surface area contributed by atoms with Gasteiger partial charge in [0.25, 0.3) is 0 Å². The summed E-state index contributed by atoms with van der Waals surface area (Å²) in [7, 11) is 0. The molecule has 1 heterocycles. The number of hydrogen-bond donors (Lipinski definition) is 2. The van der Waals surface area contributed by atoms with E-state index >= 15 is 0 Å². The molecule has 1 aliphatic heterocycles. The van der Waals surface area contributed by atoms with E-state index in [-0.39, 0.29) is 0 Å². The first-order chi connectivity index (χ1) is 7.88. The third-order valence-corrected chi connectivity index (χ3v) is 5.10. The van der Waals surface area contributed by atoms with Gasteiger partial charge in [0.15, 0.2) is 0 Å². The van der Waals surface area contributed by atoms with Gasteiger partial charge in [-0.05, 0) is 57.9 Å². The highest BCUT2D eigenvalue weighted by Gasteiger charge is 2.23. The molecule has 0 aromatic carbocycles. The zero-order valence-corrected chi connectivity index (χ0v) is 11.3. The van der Waals surface area contributed by atoms with Crippen molar-refractivity contribution in [3.8, 4) is 0 Å². The number of nitrogens with one attached hydrogen (secondary N) is 2. The molecule has 2 rings (SSSR count). The Kier molecular flexibility index (Phi) is 5.46. The van der Waals surface area contributed by atoms with Crippen molar-refractivity contribution in [3.63, 3.8) is 0 Å². The number of rotatable bonds is 3. The maximum absolute atomic E-state index is 3.91. The quantitative estimate of drug-likeness (QED) is 0.795. The van der Waals surface area contributed by atoms with Crippen LogP contribution in [-0.2, 0) is 0 Å². The van der Waals surface area contributed by atoms with Gasteiger partial charge in [0, 0.05) is 17.3 Å². The standard InChI is InChI=1S/C13H26N2S/c1-16-13-6-2-4-12(10-13)15-11-5-3-8-14-9-7-11/h11-15H,2-10H2,1H3. The maximum atomic E-state index is 3.91. The molecule has 0 radical (unpaired) electrons. The van der Waals surface area contributed by atoms with E-state index in [1.807, 2.05) is 0 Å². The second-order valence-electron chi connectivity index (χ2n) is 5.27. The smallest absolute Gasteiger partial charge is 0.00822 e. The van der Waals surface area contributed by atoms with Crippen molar-refractivity contribution in [1.29, 1.82) is 0 Å². The first-order valence-electron chi connectivity index (χ1n) is 6.88. The second kappa shape index (κ2) is 6.87. The Morgan fingerprint density at radius 3 is 2.75 bits per heavy atom. The highest BCUT2D eigenvalue weighted by atomic mass is 32.2. The second-order valence-corrected chi connectivity index (χ2v) is 6.40. The average molecular weight is 242 g/mol. The van der Waals surface area contributed by atoms with Gasteiger partial charge < -0.3 is 10.6 Å². The zero-order valence-electron chi connectivity index (χ0n) is 10.5. The molecule has 0 bridgehead atoms. The molecule has 94 valence electrons. The summed E-state index contributed by atoms with van der Waals surface area (Å²) in [4.78, 5) is 0. The molecule has 0 aromatic rings. The van der Waals surface area contributed by atoms with Crippen molar-refractivity contribution >= 4 is 11.8 Å². The Morgan fingerprint density at radius 2 is 1.88 bits per heavy atom. The van der Waals surface area contributed by atoms with E-state index in [1.165, 1.54) is 58.0 Å². The van der Waals surface area contributed by atoms with E-state index in [1.54, 1.807) is 0 Å². The van der Waals surface area contributed by atoms with Crippen LogP contribution >= 0.6 is 11.8 Å². The fourth-order valence-corrected chi connectivity index (χ4v) is 3.86. The molecule has 2 N–H and O–H groups in total. The van der Waals surface area contributed by atoms with E-state index in [4.69, 9.17) is 0 Å². The molecule has 1 aliphatic carbocycles. The van der Waals surface area contributed by atoms with E-state index in [0.29, 0.717) is 0 Å². The summed E-state index contributed by atoms with van der Waals surface area (Å²) in [6, 6.07) is 1.58. The Morgan fingerprint density at radius 1 is 1.00 bits per heavy atom. The Hall–Kier alpha value is 0.270. The Labute approximate surface area is 104 Å². The molecule has 0 amide bonds. The topological polar surface area (TPSA) is 24.1 Å². The van der Waals surface area contributed by atoms with E-state index in [0.717, 1.165) is 17.3 Å². The van der Waals surface area contributed by atoms with Gasteiger partial charge in [-0.3, -0.25) is 0 Å². The largest absolute Gasteiger partial charge is 0.317 e. The first-order valence-corrected chi connectivity index (χ1v) is 8.17. The highest BCUT2D eigenvalue weighted by Crippen LogP contribution is 2.27. The highest BCUT2D eigenvalue weighted by molar-refractivity contribution is 7.99. The van der Waals surface area contributed by atoms with Crippen LogP contribution in [0.4, 0.5) is 0 Å². The summed E-state index contributed by atoms with van der Waals surface area (Å²) in [5.74, 6) is 0. The molecule has 0 aromatic heterocycles. The maximum Gasteiger partial charge on any atom is 0.00822 e. The van der Waals surface area contributed by atoms with Crippen molar-refractivity contribution < 1.29 is 0 Å². The Bertz CT molecular complexity index is 190. The minimum Gasteiger partial charge on any atom is -0.317 e. The van der Waals surface area contributed by atoms with Crippen molar-refractivity contribution in [3.05, 3.63) is 0 Å². The van der Waals surface area contributed by atoms with Crippen LogP contribution in [0.3, 0.4) is 0 Å². The van der Waals surface area contributed by atoms with Gasteiger partial charge in [0.1, 0.15) is 0 Å². The molecule has 1 saturated carbocycles. The minimum absolute atomic E-state index is 0.778. The zero-order chi connectivity index (χ0) is 11.2. The molecule has 3 heteroatoms. The van der Waals surface area contributed by atoms with Crippen molar-refractivity contribution in [2.24, 2.45) is 0 Å². The van der Waals surface area contributed by atoms with Gasteiger partial charge in [-0.1, -0.05) is 6.42 Å². The molecule has 16 heavy (non-hydrogen) atoms. The van der Waals surface area contributed by atoms with Crippen LogP contribution in [0.15, 0.2) is 0 Å². The minimum atomic E-state index is 0.778. The van der Waals surface area contributed by atoms with Gasteiger partial charge >= 0.3 is 0 Å². The van der Waals surface area contributed by atoms with Crippen LogP contribution in [0.25, 0.3) is 0 Å². The fourth-order valence-electron chi connectivity index (χ4n) is 3.03. The average Bonchev–Trinajstić information content (AvgIpc) is 2.58. The summed E-state index contributed by atoms with van der Waals surface area (Å²) in [5, 5.41) is 8.31. The lowest BCUT2D eigenvalue weighted by atomic mass is 9.93. The van der Waals surface area contributed by atoms with E-state index in [2.05, 4.69) is 28.7 Å². The lowest BCUT2D eigenvalue weighted by Crippen LogP contribution is -2.42. The molecule has 2 aliphatic rings. The molecule has 3 unspecified atom stereocenters. The lowest BCUT2D eigenvalue weighted by Gasteiger charge is -2.31. The molecule has 2 fully saturated rings. The van der Waals surface area contributed by atoms with Crippen LogP contribution in [0.1, 0.15) is 44.9 Å². The number of hydrogen-bond acceptors (Lipinski definition) is 3.